The van der Waals surface area contributed by atoms with Gasteiger partial charge in [0.05, 0.1) is 5.92 Å². The van der Waals surface area contributed by atoms with Crippen molar-refractivity contribution in [1.29, 1.82) is 0 Å². The van der Waals surface area contributed by atoms with Crippen molar-refractivity contribution in [2.75, 3.05) is 13.1 Å². The number of likely N-dealkylation sites (tertiary alicyclic amines) is 1. The van der Waals surface area contributed by atoms with Crippen LogP contribution >= 0.6 is 12.4 Å². The summed E-state index contributed by atoms with van der Waals surface area (Å²) in [6, 6.07) is 9.79. The summed E-state index contributed by atoms with van der Waals surface area (Å²) in [5.74, 6) is -0.958. The van der Waals surface area contributed by atoms with E-state index in [0.717, 1.165) is 18.4 Å². The Kier molecular flexibility index (Phi) is 6.02. The molecule has 1 aliphatic carbocycles. The highest BCUT2D eigenvalue weighted by Gasteiger charge is 2.35. The summed E-state index contributed by atoms with van der Waals surface area (Å²) >= 11 is 0. The molecule has 1 aromatic carbocycles. The minimum Gasteiger partial charge on any atom is -0.481 e. The van der Waals surface area contributed by atoms with E-state index in [1.54, 1.807) is 0 Å². The van der Waals surface area contributed by atoms with Crippen LogP contribution in [0.4, 0.5) is 0 Å². The van der Waals surface area contributed by atoms with Crippen LogP contribution in [0.15, 0.2) is 30.3 Å². The van der Waals surface area contributed by atoms with Crippen molar-refractivity contribution in [3.8, 4) is 0 Å². The second-order valence-electron chi connectivity index (χ2n) is 6.24. The molecule has 3 rings (SSSR count). The van der Waals surface area contributed by atoms with Crippen molar-refractivity contribution < 1.29 is 14.7 Å². The average molecular weight is 339 g/mol. The molecule has 1 aromatic rings. The molecule has 1 amide bonds. The van der Waals surface area contributed by atoms with Crippen LogP contribution in [0, 0.1) is 5.92 Å². The van der Waals surface area contributed by atoms with E-state index in [-0.39, 0.29) is 30.3 Å². The van der Waals surface area contributed by atoms with Gasteiger partial charge in [0.2, 0.25) is 5.91 Å². The Labute approximate surface area is 142 Å². The molecule has 2 fully saturated rings. The first-order chi connectivity index (χ1) is 10.6. The lowest BCUT2D eigenvalue weighted by Crippen LogP contribution is -2.45. The number of nitrogens with zero attached hydrogens (tertiary/aromatic N) is 1. The van der Waals surface area contributed by atoms with Gasteiger partial charge in [0.25, 0.3) is 0 Å². The molecule has 1 aliphatic heterocycles. The molecule has 0 aromatic heterocycles. The molecule has 1 saturated heterocycles. The van der Waals surface area contributed by atoms with E-state index in [1.807, 2.05) is 30.3 Å². The Balaban J connectivity index is 0.00000192. The Morgan fingerprint density at radius 2 is 1.70 bits per heavy atom. The van der Waals surface area contributed by atoms with Crippen LogP contribution in [-0.4, -0.2) is 41.0 Å². The van der Waals surface area contributed by atoms with Gasteiger partial charge in [0.1, 0.15) is 6.04 Å². The standard InChI is InChI=1S/C17H22N2O3.ClH/c20-16(18-14-6-7-14)15(12-4-2-1-3-5-12)19-10-8-13(9-11-19)17(21)22;/h1-5,13-15H,6-11H2,(H,18,20)(H,21,22);1H. The first-order valence-electron chi connectivity index (χ1n) is 7.97. The zero-order chi connectivity index (χ0) is 15.5. The summed E-state index contributed by atoms with van der Waals surface area (Å²) in [5, 5.41) is 12.2. The van der Waals surface area contributed by atoms with Crippen LogP contribution in [0.1, 0.15) is 37.3 Å². The first kappa shape index (κ1) is 17.8. The van der Waals surface area contributed by atoms with Crippen molar-refractivity contribution in [1.82, 2.24) is 10.2 Å². The van der Waals surface area contributed by atoms with Gasteiger partial charge in [-0.2, -0.15) is 0 Å². The number of piperidine rings is 1. The number of hydrogen-bond acceptors (Lipinski definition) is 3. The molecule has 23 heavy (non-hydrogen) atoms. The molecule has 1 unspecified atom stereocenters. The number of carboxylic acids is 1. The summed E-state index contributed by atoms with van der Waals surface area (Å²) in [4.78, 5) is 25.8. The van der Waals surface area contributed by atoms with Gasteiger partial charge in [-0.3, -0.25) is 14.5 Å². The van der Waals surface area contributed by atoms with Gasteiger partial charge in [0.15, 0.2) is 0 Å². The third-order valence-electron chi connectivity index (χ3n) is 4.53. The Bertz CT molecular complexity index is 540. The maximum absolute atomic E-state index is 12.6. The maximum atomic E-state index is 12.6. The summed E-state index contributed by atoms with van der Waals surface area (Å²) in [5.41, 5.74) is 0.981. The lowest BCUT2D eigenvalue weighted by Gasteiger charge is -2.36. The number of halogens is 1. The molecule has 1 saturated carbocycles. The van der Waals surface area contributed by atoms with Crippen LogP contribution in [0.5, 0.6) is 0 Å². The molecular weight excluding hydrogens is 316 g/mol. The largest absolute Gasteiger partial charge is 0.481 e. The number of carbonyl (C=O) groups is 2. The number of carboxylic acid groups (broad SMARTS) is 1. The van der Waals surface area contributed by atoms with E-state index < -0.39 is 5.97 Å². The molecule has 1 atom stereocenters. The van der Waals surface area contributed by atoms with Crippen molar-refractivity contribution in [2.24, 2.45) is 5.92 Å². The molecule has 2 aliphatic rings. The third kappa shape index (κ3) is 4.45. The van der Waals surface area contributed by atoms with E-state index >= 15 is 0 Å². The molecule has 1 heterocycles. The van der Waals surface area contributed by atoms with Crippen molar-refractivity contribution in [3.63, 3.8) is 0 Å². The van der Waals surface area contributed by atoms with E-state index in [2.05, 4.69) is 10.2 Å². The summed E-state index contributed by atoms with van der Waals surface area (Å²) in [7, 11) is 0. The van der Waals surface area contributed by atoms with Gasteiger partial charge in [0, 0.05) is 19.1 Å². The smallest absolute Gasteiger partial charge is 0.306 e. The lowest BCUT2D eigenvalue weighted by atomic mass is 9.94. The van der Waals surface area contributed by atoms with Crippen molar-refractivity contribution in [2.45, 2.75) is 37.8 Å². The van der Waals surface area contributed by atoms with Gasteiger partial charge in [-0.1, -0.05) is 30.3 Å². The summed E-state index contributed by atoms with van der Waals surface area (Å²) < 4.78 is 0. The highest BCUT2D eigenvalue weighted by Crippen LogP contribution is 2.29. The first-order valence-corrected chi connectivity index (χ1v) is 7.97. The van der Waals surface area contributed by atoms with Gasteiger partial charge in [-0.05, 0) is 31.2 Å². The molecule has 0 spiro atoms. The number of carbonyl (C=O) groups excluding carboxylic acids is 1. The zero-order valence-corrected chi connectivity index (χ0v) is 13.8. The van der Waals surface area contributed by atoms with Gasteiger partial charge < -0.3 is 10.4 Å². The number of benzene rings is 1. The average Bonchev–Trinajstić information content (AvgIpc) is 3.33. The zero-order valence-electron chi connectivity index (χ0n) is 13.0. The number of rotatable bonds is 5. The van der Waals surface area contributed by atoms with Crippen LogP contribution in [-0.2, 0) is 9.59 Å². The van der Waals surface area contributed by atoms with Gasteiger partial charge in [-0.25, -0.2) is 0 Å². The van der Waals surface area contributed by atoms with Gasteiger partial charge in [-0.15, -0.1) is 12.4 Å². The minimum absolute atomic E-state index is 0. The molecule has 0 radical (unpaired) electrons. The van der Waals surface area contributed by atoms with E-state index in [4.69, 9.17) is 5.11 Å². The van der Waals surface area contributed by atoms with Crippen molar-refractivity contribution >= 4 is 24.3 Å². The monoisotopic (exact) mass is 338 g/mol. The van der Waals surface area contributed by atoms with E-state index in [9.17, 15) is 9.59 Å². The number of nitrogens with one attached hydrogen (secondary N) is 1. The van der Waals surface area contributed by atoms with Crippen LogP contribution in [0.2, 0.25) is 0 Å². The third-order valence-corrected chi connectivity index (χ3v) is 4.53. The number of aliphatic carboxylic acids is 1. The number of amides is 1. The molecular formula is C17H23ClN2O3. The quantitative estimate of drug-likeness (QED) is 0.863. The SMILES string of the molecule is Cl.O=C(O)C1CCN(C(C(=O)NC2CC2)c2ccccc2)CC1. The van der Waals surface area contributed by atoms with Crippen LogP contribution in [0.25, 0.3) is 0 Å². The van der Waals surface area contributed by atoms with Crippen LogP contribution < -0.4 is 5.32 Å². The summed E-state index contributed by atoms with van der Waals surface area (Å²) in [6.07, 6.45) is 3.34. The van der Waals surface area contributed by atoms with Crippen LogP contribution in [0.3, 0.4) is 0 Å². The Morgan fingerprint density at radius 1 is 1.09 bits per heavy atom. The fourth-order valence-electron chi connectivity index (χ4n) is 3.08. The second-order valence-corrected chi connectivity index (χ2v) is 6.24. The van der Waals surface area contributed by atoms with Gasteiger partial charge >= 0.3 is 5.97 Å². The minimum atomic E-state index is -0.724. The molecule has 5 nitrogen and oxygen atoms in total. The van der Waals surface area contributed by atoms with E-state index in [1.165, 1.54) is 0 Å². The highest BCUT2D eigenvalue weighted by molar-refractivity contribution is 5.85. The lowest BCUT2D eigenvalue weighted by molar-refractivity contribution is -0.143. The normalized spacial score (nSPS) is 20.3. The Hall–Kier alpha value is -1.59. The number of hydrogen-bond donors (Lipinski definition) is 2. The van der Waals surface area contributed by atoms with Crippen molar-refractivity contribution in [3.05, 3.63) is 35.9 Å². The topological polar surface area (TPSA) is 69.6 Å². The maximum Gasteiger partial charge on any atom is 0.306 e. The molecule has 126 valence electrons. The predicted octanol–water partition coefficient (Wildman–Crippen LogP) is 2.22. The molecule has 2 N–H and O–H groups in total. The molecule has 0 bridgehead atoms. The second kappa shape index (κ2) is 7.79. The Morgan fingerprint density at radius 3 is 2.22 bits per heavy atom. The predicted molar refractivity (Wildman–Crippen MR) is 89.5 cm³/mol. The van der Waals surface area contributed by atoms with E-state index in [0.29, 0.717) is 32.0 Å². The molecule has 6 heteroatoms. The summed E-state index contributed by atoms with van der Waals surface area (Å²) in [6.45, 7) is 1.29. The fraction of sp³-hybridized carbons (Fsp3) is 0.529. The fourth-order valence-corrected chi connectivity index (χ4v) is 3.08. The highest BCUT2D eigenvalue weighted by atomic mass is 35.5.